The number of benzene rings is 1. The van der Waals surface area contributed by atoms with Gasteiger partial charge in [-0.1, -0.05) is 29.8 Å². The lowest BCUT2D eigenvalue weighted by atomic mass is 10.1. The van der Waals surface area contributed by atoms with E-state index in [1.165, 1.54) is 0 Å². The molecular weight excluding hydrogens is 252 g/mol. The summed E-state index contributed by atoms with van der Waals surface area (Å²) in [5.41, 5.74) is 0.914. The molecule has 1 aliphatic rings. The number of carbonyl (C=O) groups excluding carboxylic acids is 1. The lowest BCUT2D eigenvalue weighted by Gasteiger charge is -2.29. The van der Waals surface area contributed by atoms with Crippen molar-refractivity contribution in [2.45, 2.75) is 25.6 Å². The van der Waals surface area contributed by atoms with Gasteiger partial charge >= 0.3 is 0 Å². The topological polar surface area (TPSA) is 50.4 Å². The van der Waals surface area contributed by atoms with Crippen LogP contribution in [0.15, 0.2) is 24.3 Å². The maximum absolute atomic E-state index is 12.0. The summed E-state index contributed by atoms with van der Waals surface area (Å²) in [5, 5.41) is 6.69. The fourth-order valence-electron chi connectivity index (χ4n) is 1.96. The minimum atomic E-state index is -0.291. The SMILES string of the molecule is C[C@H]1OCCN[C@@H]1C(=O)NCc1ccccc1Cl. The van der Waals surface area contributed by atoms with Crippen molar-refractivity contribution in [3.63, 3.8) is 0 Å². The maximum atomic E-state index is 12.0. The molecule has 1 fully saturated rings. The van der Waals surface area contributed by atoms with Crippen LogP contribution in [0.5, 0.6) is 0 Å². The van der Waals surface area contributed by atoms with Crippen LogP contribution >= 0.6 is 11.6 Å². The van der Waals surface area contributed by atoms with Gasteiger partial charge in [-0.3, -0.25) is 4.79 Å². The number of morpholine rings is 1. The largest absolute Gasteiger partial charge is 0.375 e. The molecule has 0 aromatic heterocycles. The summed E-state index contributed by atoms with van der Waals surface area (Å²) in [6.45, 7) is 3.68. The standard InChI is InChI=1S/C13H17ClN2O2/c1-9-12(15-6-7-18-9)13(17)16-8-10-4-2-3-5-11(10)14/h2-5,9,12,15H,6-8H2,1H3,(H,16,17)/t9-,12+/m1/s1. The summed E-state index contributed by atoms with van der Waals surface area (Å²) >= 11 is 6.03. The van der Waals surface area contributed by atoms with Crippen LogP contribution in [0.3, 0.4) is 0 Å². The highest BCUT2D eigenvalue weighted by Gasteiger charge is 2.27. The van der Waals surface area contributed by atoms with Crippen molar-refractivity contribution < 1.29 is 9.53 Å². The number of ether oxygens (including phenoxy) is 1. The van der Waals surface area contributed by atoms with E-state index in [0.717, 1.165) is 5.56 Å². The van der Waals surface area contributed by atoms with Crippen LogP contribution in [0.4, 0.5) is 0 Å². The fourth-order valence-corrected chi connectivity index (χ4v) is 2.16. The van der Waals surface area contributed by atoms with E-state index in [0.29, 0.717) is 24.7 Å². The lowest BCUT2D eigenvalue weighted by Crippen LogP contribution is -2.55. The molecule has 0 aliphatic carbocycles. The van der Waals surface area contributed by atoms with Crippen molar-refractivity contribution in [2.75, 3.05) is 13.2 Å². The van der Waals surface area contributed by atoms with Crippen molar-refractivity contribution in [1.29, 1.82) is 0 Å². The molecule has 0 radical (unpaired) electrons. The van der Waals surface area contributed by atoms with Crippen molar-refractivity contribution in [3.05, 3.63) is 34.9 Å². The van der Waals surface area contributed by atoms with Crippen LogP contribution in [-0.2, 0) is 16.1 Å². The molecule has 0 bridgehead atoms. The van der Waals surface area contributed by atoms with Gasteiger partial charge in [-0.25, -0.2) is 0 Å². The predicted octanol–water partition coefficient (Wildman–Crippen LogP) is 1.33. The second-order valence-corrected chi connectivity index (χ2v) is 4.72. The zero-order valence-corrected chi connectivity index (χ0v) is 11.0. The minimum absolute atomic E-state index is 0.0536. The molecule has 1 aliphatic heterocycles. The maximum Gasteiger partial charge on any atom is 0.240 e. The van der Waals surface area contributed by atoms with Gasteiger partial charge < -0.3 is 15.4 Å². The average Bonchev–Trinajstić information content (AvgIpc) is 2.38. The third-order valence-corrected chi connectivity index (χ3v) is 3.38. The van der Waals surface area contributed by atoms with Crippen LogP contribution in [0.25, 0.3) is 0 Å². The Morgan fingerprint density at radius 3 is 3.06 bits per heavy atom. The first kappa shape index (κ1) is 13.3. The van der Waals surface area contributed by atoms with Gasteiger partial charge in [0.15, 0.2) is 0 Å². The third kappa shape index (κ3) is 3.22. The van der Waals surface area contributed by atoms with Gasteiger partial charge in [-0.15, -0.1) is 0 Å². The highest BCUT2D eigenvalue weighted by atomic mass is 35.5. The minimum Gasteiger partial charge on any atom is -0.375 e. The Bertz CT molecular complexity index is 425. The molecule has 5 heteroatoms. The quantitative estimate of drug-likeness (QED) is 0.870. The highest BCUT2D eigenvalue weighted by Crippen LogP contribution is 2.14. The van der Waals surface area contributed by atoms with E-state index < -0.39 is 0 Å². The third-order valence-electron chi connectivity index (χ3n) is 3.01. The van der Waals surface area contributed by atoms with Crippen molar-refractivity contribution in [2.24, 2.45) is 0 Å². The first-order valence-corrected chi connectivity index (χ1v) is 6.42. The Hall–Kier alpha value is -1.10. The van der Waals surface area contributed by atoms with E-state index in [1.807, 2.05) is 31.2 Å². The van der Waals surface area contributed by atoms with E-state index in [-0.39, 0.29) is 18.1 Å². The Labute approximate surface area is 112 Å². The number of rotatable bonds is 3. The monoisotopic (exact) mass is 268 g/mol. The van der Waals surface area contributed by atoms with E-state index >= 15 is 0 Å². The lowest BCUT2D eigenvalue weighted by molar-refractivity contribution is -0.129. The first-order valence-electron chi connectivity index (χ1n) is 6.04. The second kappa shape index (κ2) is 6.18. The number of hydrogen-bond donors (Lipinski definition) is 2. The van der Waals surface area contributed by atoms with Gasteiger partial charge in [-0.2, -0.15) is 0 Å². The molecule has 1 aromatic carbocycles. The fraction of sp³-hybridized carbons (Fsp3) is 0.462. The Morgan fingerprint density at radius 2 is 2.33 bits per heavy atom. The van der Waals surface area contributed by atoms with Gasteiger partial charge in [0.25, 0.3) is 0 Å². The summed E-state index contributed by atoms with van der Waals surface area (Å²) in [6, 6.07) is 7.19. The smallest absolute Gasteiger partial charge is 0.240 e. The summed E-state index contributed by atoms with van der Waals surface area (Å²) in [5.74, 6) is -0.0536. The summed E-state index contributed by atoms with van der Waals surface area (Å²) in [4.78, 5) is 12.0. The van der Waals surface area contributed by atoms with E-state index in [2.05, 4.69) is 10.6 Å². The number of hydrogen-bond acceptors (Lipinski definition) is 3. The Morgan fingerprint density at radius 1 is 1.56 bits per heavy atom. The second-order valence-electron chi connectivity index (χ2n) is 4.32. The molecule has 2 rings (SSSR count). The molecule has 2 atom stereocenters. The number of carbonyl (C=O) groups is 1. The van der Waals surface area contributed by atoms with Crippen LogP contribution in [0.1, 0.15) is 12.5 Å². The summed E-state index contributed by atoms with van der Waals surface area (Å²) in [6.07, 6.45) is -0.106. The number of nitrogens with one attached hydrogen (secondary N) is 2. The summed E-state index contributed by atoms with van der Waals surface area (Å²) < 4.78 is 5.44. The normalized spacial score (nSPS) is 23.7. The average molecular weight is 269 g/mol. The Kier molecular flexibility index (Phi) is 4.58. The van der Waals surface area contributed by atoms with Gasteiger partial charge in [0.05, 0.1) is 12.7 Å². The molecule has 0 unspecified atom stereocenters. The molecule has 1 heterocycles. The van der Waals surface area contributed by atoms with E-state index in [9.17, 15) is 4.79 Å². The summed E-state index contributed by atoms with van der Waals surface area (Å²) in [7, 11) is 0. The van der Waals surface area contributed by atoms with Crippen LogP contribution in [0, 0.1) is 0 Å². The number of amides is 1. The van der Waals surface area contributed by atoms with Crippen molar-refractivity contribution in [1.82, 2.24) is 10.6 Å². The van der Waals surface area contributed by atoms with Crippen molar-refractivity contribution >= 4 is 17.5 Å². The molecule has 2 N–H and O–H groups in total. The van der Waals surface area contributed by atoms with Crippen LogP contribution in [0.2, 0.25) is 5.02 Å². The van der Waals surface area contributed by atoms with Gasteiger partial charge in [0.2, 0.25) is 5.91 Å². The molecular formula is C13H17ClN2O2. The molecule has 1 aromatic rings. The first-order chi connectivity index (χ1) is 8.68. The van der Waals surface area contributed by atoms with Crippen LogP contribution < -0.4 is 10.6 Å². The van der Waals surface area contributed by atoms with E-state index in [4.69, 9.17) is 16.3 Å². The molecule has 1 saturated heterocycles. The Balaban J connectivity index is 1.90. The van der Waals surface area contributed by atoms with Crippen molar-refractivity contribution in [3.8, 4) is 0 Å². The molecule has 98 valence electrons. The predicted molar refractivity (Wildman–Crippen MR) is 70.5 cm³/mol. The molecule has 4 nitrogen and oxygen atoms in total. The van der Waals surface area contributed by atoms with Gasteiger partial charge in [-0.05, 0) is 18.6 Å². The van der Waals surface area contributed by atoms with Gasteiger partial charge in [0.1, 0.15) is 6.04 Å². The molecule has 18 heavy (non-hydrogen) atoms. The van der Waals surface area contributed by atoms with Crippen LogP contribution in [-0.4, -0.2) is 31.2 Å². The van der Waals surface area contributed by atoms with Gasteiger partial charge in [0, 0.05) is 18.1 Å². The zero-order valence-electron chi connectivity index (χ0n) is 10.3. The molecule has 0 saturated carbocycles. The number of halogens is 1. The molecule has 0 spiro atoms. The highest BCUT2D eigenvalue weighted by molar-refractivity contribution is 6.31. The van der Waals surface area contributed by atoms with E-state index in [1.54, 1.807) is 0 Å². The zero-order chi connectivity index (χ0) is 13.0. The molecule has 1 amide bonds.